The Labute approximate surface area is 187 Å². The summed E-state index contributed by atoms with van der Waals surface area (Å²) in [5.74, 6) is -0.856. The molecule has 0 aliphatic heterocycles. The van der Waals surface area contributed by atoms with Gasteiger partial charge in [-0.15, -0.1) is 0 Å². The first-order valence-corrected chi connectivity index (χ1v) is 13.1. The lowest BCUT2D eigenvalue weighted by atomic mass is 10.1. The zero-order valence-electron chi connectivity index (χ0n) is 20.3. The van der Waals surface area contributed by atoms with Crippen LogP contribution >= 0.6 is 0 Å². The predicted molar refractivity (Wildman–Crippen MR) is 128 cm³/mol. The lowest BCUT2D eigenvalue weighted by Crippen LogP contribution is -2.33. The van der Waals surface area contributed by atoms with Crippen LogP contribution in [0.1, 0.15) is 142 Å². The van der Waals surface area contributed by atoms with E-state index in [1.165, 1.54) is 103 Å². The van der Waals surface area contributed by atoms with E-state index in [9.17, 15) is 9.59 Å². The number of carbonyl (C=O) groups is 2. The van der Waals surface area contributed by atoms with E-state index >= 15 is 0 Å². The van der Waals surface area contributed by atoms with Gasteiger partial charge in [-0.1, -0.05) is 117 Å². The van der Waals surface area contributed by atoms with E-state index in [1.807, 2.05) is 4.90 Å². The van der Waals surface area contributed by atoms with Gasteiger partial charge in [0.25, 0.3) is 0 Å². The van der Waals surface area contributed by atoms with E-state index in [1.54, 1.807) is 0 Å². The average molecular weight is 426 g/mol. The third-order valence-electron chi connectivity index (χ3n) is 5.97. The van der Waals surface area contributed by atoms with Crippen LogP contribution in [0.5, 0.6) is 0 Å². The van der Waals surface area contributed by atoms with Crippen molar-refractivity contribution in [2.75, 3.05) is 13.1 Å². The van der Waals surface area contributed by atoms with E-state index < -0.39 is 5.97 Å². The summed E-state index contributed by atoms with van der Waals surface area (Å²) in [6.07, 6.45) is 23.0. The van der Waals surface area contributed by atoms with Gasteiger partial charge in [-0.2, -0.15) is 0 Å². The molecule has 0 heterocycles. The second-order valence-corrected chi connectivity index (χ2v) is 8.93. The van der Waals surface area contributed by atoms with Crippen LogP contribution in [0.3, 0.4) is 0 Å². The first-order valence-electron chi connectivity index (χ1n) is 13.1. The molecule has 1 amide bonds. The van der Waals surface area contributed by atoms with Crippen molar-refractivity contribution in [1.82, 2.24) is 4.90 Å². The highest BCUT2D eigenvalue weighted by atomic mass is 16.4. The zero-order valence-corrected chi connectivity index (χ0v) is 20.3. The minimum Gasteiger partial charge on any atom is -0.481 e. The molecule has 0 atom stereocenters. The van der Waals surface area contributed by atoms with Crippen LogP contribution in [0.2, 0.25) is 0 Å². The Kier molecular flexibility index (Phi) is 21.8. The van der Waals surface area contributed by atoms with Gasteiger partial charge in [0.1, 0.15) is 0 Å². The van der Waals surface area contributed by atoms with Crippen LogP contribution in [0.15, 0.2) is 0 Å². The lowest BCUT2D eigenvalue weighted by molar-refractivity contribution is -0.141. The van der Waals surface area contributed by atoms with Crippen molar-refractivity contribution >= 4 is 11.9 Å². The molecule has 0 unspecified atom stereocenters. The standard InChI is InChI=1S/C26H51NO3/c1-3-5-7-9-11-13-14-16-18-20-24-27(25(28)21-22-26(29)30)23-19-17-15-12-10-8-6-4-2/h3-24H2,1-2H3,(H,29,30). The third-order valence-corrected chi connectivity index (χ3v) is 5.97. The van der Waals surface area contributed by atoms with E-state index in [0.29, 0.717) is 0 Å². The lowest BCUT2D eigenvalue weighted by Gasteiger charge is -2.22. The van der Waals surface area contributed by atoms with Crippen LogP contribution in [0.25, 0.3) is 0 Å². The fourth-order valence-electron chi connectivity index (χ4n) is 3.96. The number of amides is 1. The van der Waals surface area contributed by atoms with Crippen molar-refractivity contribution in [2.45, 2.75) is 142 Å². The van der Waals surface area contributed by atoms with Crippen LogP contribution < -0.4 is 0 Å². The molecule has 0 saturated carbocycles. The minimum atomic E-state index is -0.880. The first-order chi connectivity index (χ1) is 14.6. The molecule has 30 heavy (non-hydrogen) atoms. The summed E-state index contributed by atoms with van der Waals surface area (Å²) >= 11 is 0. The van der Waals surface area contributed by atoms with Crippen LogP contribution in [-0.2, 0) is 9.59 Å². The molecule has 178 valence electrons. The van der Waals surface area contributed by atoms with E-state index in [4.69, 9.17) is 5.11 Å². The second-order valence-electron chi connectivity index (χ2n) is 8.93. The van der Waals surface area contributed by atoms with Gasteiger partial charge in [0.2, 0.25) is 5.91 Å². The number of unbranched alkanes of at least 4 members (excludes halogenated alkanes) is 16. The monoisotopic (exact) mass is 425 g/mol. The summed E-state index contributed by atoms with van der Waals surface area (Å²) in [5, 5.41) is 8.87. The van der Waals surface area contributed by atoms with Crippen molar-refractivity contribution in [3.8, 4) is 0 Å². The molecule has 4 heteroatoms. The number of carbonyl (C=O) groups excluding carboxylic acids is 1. The van der Waals surface area contributed by atoms with Crippen molar-refractivity contribution in [1.29, 1.82) is 0 Å². The van der Waals surface area contributed by atoms with E-state index in [2.05, 4.69) is 13.8 Å². The quantitative estimate of drug-likeness (QED) is 0.170. The molecule has 0 aliphatic rings. The van der Waals surface area contributed by atoms with Gasteiger partial charge in [0.05, 0.1) is 6.42 Å². The largest absolute Gasteiger partial charge is 0.481 e. The summed E-state index contributed by atoms with van der Waals surface area (Å²) in [6, 6.07) is 0. The summed E-state index contributed by atoms with van der Waals surface area (Å²) in [6.45, 7) is 6.09. The molecular formula is C26H51NO3. The highest BCUT2D eigenvalue weighted by Crippen LogP contribution is 2.13. The Morgan fingerprint density at radius 1 is 0.533 bits per heavy atom. The predicted octanol–water partition coefficient (Wildman–Crippen LogP) is 7.74. The Bertz CT molecular complexity index is 398. The molecular weight excluding hydrogens is 374 g/mol. The summed E-state index contributed by atoms with van der Waals surface area (Å²) in [7, 11) is 0. The number of carboxylic acid groups (broad SMARTS) is 1. The van der Waals surface area contributed by atoms with Gasteiger partial charge in [-0.25, -0.2) is 0 Å². The molecule has 0 saturated heterocycles. The molecule has 0 aliphatic carbocycles. The van der Waals surface area contributed by atoms with Crippen molar-refractivity contribution < 1.29 is 14.7 Å². The van der Waals surface area contributed by atoms with Crippen molar-refractivity contribution in [3.05, 3.63) is 0 Å². The molecule has 0 fully saturated rings. The van der Waals surface area contributed by atoms with Crippen LogP contribution in [0.4, 0.5) is 0 Å². The number of hydrogen-bond acceptors (Lipinski definition) is 2. The molecule has 0 radical (unpaired) electrons. The molecule has 0 bridgehead atoms. The molecule has 0 spiro atoms. The van der Waals surface area contributed by atoms with Gasteiger partial charge < -0.3 is 10.0 Å². The van der Waals surface area contributed by atoms with Crippen molar-refractivity contribution in [2.24, 2.45) is 0 Å². The Morgan fingerprint density at radius 2 is 0.867 bits per heavy atom. The molecule has 1 N–H and O–H groups in total. The van der Waals surface area contributed by atoms with E-state index in [0.717, 1.165) is 25.9 Å². The van der Waals surface area contributed by atoms with Gasteiger partial charge in [0, 0.05) is 19.5 Å². The minimum absolute atomic E-state index is 0.0243. The zero-order chi connectivity index (χ0) is 22.3. The highest BCUT2D eigenvalue weighted by Gasteiger charge is 2.14. The third kappa shape index (κ3) is 20.2. The molecule has 0 aromatic rings. The maximum Gasteiger partial charge on any atom is 0.303 e. The van der Waals surface area contributed by atoms with E-state index in [-0.39, 0.29) is 18.7 Å². The highest BCUT2D eigenvalue weighted by molar-refractivity contribution is 5.80. The Balaban J connectivity index is 3.93. The SMILES string of the molecule is CCCCCCCCCCCCN(CCCCCCCCCC)C(=O)CCC(=O)O. The number of rotatable bonds is 23. The molecule has 0 aromatic heterocycles. The second kappa shape index (κ2) is 22.6. The number of hydrogen-bond donors (Lipinski definition) is 1. The Morgan fingerprint density at radius 3 is 1.20 bits per heavy atom. The number of aliphatic carboxylic acids is 1. The normalized spacial score (nSPS) is 11.0. The fraction of sp³-hybridized carbons (Fsp3) is 0.923. The maximum atomic E-state index is 12.4. The van der Waals surface area contributed by atoms with Crippen LogP contribution in [-0.4, -0.2) is 35.0 Å². The maximum absolute atomic E-state index is 12.4. The smallest absolute Gasteiger partial charge is 0.303 e. The van der Waals surface area contributed by atoms with Crippen molar-refractivity contribution in [3.63, 3.8) is 0 Å². The molecule has 4 nitrogen and oxygen atoms in total. The molecule has 0 aromatic carbocycles. The Hall–Kier alpha value is -1.06. The topological polar surface area (TPSA) is 57.6 Å². The van der Waals surface area contributed by atoms with Gasteiger partial charge >= 0.3 is 5.97 Å². The molecule has 0 rings (SSSR count). The van der Waals surface area contributed by atoms with Crippen LogP contribution in [0, 0.1) is 0 Å². The van der Waals surface area contributed by atoms with Gasteiger partial charge in [-0.3, -0.25) is 9.59 Å². The average Bonchev–Trinajstić information content (AvgIpc) is 2.73. The number of carboxylic acids is 1. The summed E-state index contributed by atoms with van der Waals surface area (Å²) < 4.78 is 0. The van der Waals surface area contributed by atoms with Gasteiger partial charge in [-0.05, 0) is 12.8 Å². The first kappa shape index (κ1) is 28.9. The fourth-order valence-corrected chi connectivity index (χ4v) is 3.96. The van der Waals surface area contributed by atoms with Gasteiger partial charge in [0.15, 0.2) is 0 Å². The number of nitrogens with zero attached hydrogens (tertiary/aromatic N) is 1. The summed E-state index contributed by atoms with van der Waals surface area (Å²) in [5.41, 5.74) is 0. The summed E-state index contributed by atoms with van der Waals surface area (Å²) in [4.78, 5) is 25.2.